The molecule has 2 aromatic carbocycles. The fourth-order valence-electron chi connectivity index (χ4n) is 2.45. The zero-order valence-corrected chi connectivity index (χ0v) is 16.1. The zero-order chi connectivity index (χ0) is 20.8. The van der Waals surface area contributed by atoms with Crippen molar-refractivity contribution in [2.75, 3.05) is 20.8 Å². The monoisotopic (exact) mass is 415 g/mol. The summed E-state index contributed by atoms with van der Waals surface area (Å²) in [6, 6.07) is 13.3. The van der Waals surface area contributed by atoms with Crippen LogP contribution < -0.4 is 9.47 Å². The van der Waals surface area contributed by atoms with Gasteiger partial charge in [-0.15, -0.1) is 0 Å². The fourth-order valence-corrected chi connectivity index (χ4v) is 3.34. The van der Waals surface area contributed by atoms with Gasteiger partial charge in [-0.1, -0.05) is 48.6 Å². The standard InChI is InChI=1S/C19H20F3NO4S/c1-26-17-11-10-16(13-18(17)27-2)14-23(28(24,25)19(20,21)22)12-6-9-15-7-4-3-5-8-15/h3-11,13H,12,14H2,1-2H3. The third kappa shape index (κ3) is 5.26. The number of ether oxygens (including phenoxy) is 2. The summed E-state index contributed by atoms with van der Waals surface area (Å²) < 4.78 is 73.9. The molecule has 0 heterocycles. The summed E-state index contributed by atoms with van der Waals surface area (Å²) in [6.07, 6.45) is 2.94. The molecular weight excluding hydrogens is 395 g/mol. The highest BCUT2D eigenvalue weighted by molar-refractivity contribution is 7.89. The summed E-state index contributed by atoms with van der Waals surface area (Å²) in [6.45, 7) is -0.910. The van der Waals surface area contributed by atoms with Crippen molar-refractivity contribution in [3.63, 3.8) is 0 Å². The minimum absolute atomic E-state index is 0.296. The number of halogens is 3. The Labute approximate surface area is 162 Å². The van der Waals surface area contributed by atoms with Crippen molar-refractivity contribution >= 4 is 16.1 Å². The molecule has 0 atom stereocenters. The van der Waals surface area contributed by atoms with Crippen LogP contribution in [0.5, 0.6) is 11.5 Å². The predicted octanol–water partition coefficient (Wildman–Crippen LogP) is 4.07. The average Bonchev–Trinajstić information content (AvgIpc) is 2.67. The van der Waals surface area contributed by atoms with Gasteiger partial charge < -0.3 is 9.47 Å². The molecule has 0 aromatic heterocycles. The van der Waals surface area contributed by atoms with Gasteiger partial charge in [0.05, 0.1) is 14.2 Å². The largest absolute Gasteiger partial charge is 0.511 e. The molecular formula is C19H20F3NO4S. The van der Waals surface area contributed by atoms with E-state index in [1.54, 1.807) is 36.4 Å². The summed E-state index contributed by atoms with van der Waals surface area (Å²) in [7, 11) is -2.71. The number of alkyl halides is 3. The number of rotatable bonds is 8. The number of benzene rings is 2. The highest BCUT2D eigenvalue weighted by Crippen LogP contribution is 2.31. The Balaban J connectivity index is 2.30. The first-order chi connectivity index (χ1) is 13.2. The summed E-state index contributed by atoms with van der Waals surface area (Å²) in [5.41, 5.74) is -4.32. The van der Waals surface area contributed by atoms with Gasteiger partial charge in [-0.2, -0.15) is 17.5 Å². The third-order valence-electron chi connectivity index (χ3n) is 3.86. The van der Waals surface area contributed by atoms with E-state index in [1.807, 2.05) is 0 Å². The van der Waals surface area contributed by atoms with Gasteiger partial charge in [0.1, 0.15) is 0 Å². The molecule has 0 N–H and O–H groups in total. The van der Waals surface area contributed by atoms with Crippen molar-refractivity contribution in [3.8, 4) is 11.5 Å². The molecule has 0 radical (unpaired) electrons. The van der Waals surface area contributed by atoms with E-state index >= 15 is 0 Å². The first-order valence-corrected chi connectivity index (χ1v) is 9.62. The van der Waals surface area contributed by atoms with Gasteiger partial charge in [-0.25, -0.2) is 8.42 Å². The summed E-state index contributed by atoms with van der Waals surface area (Å²) in [5.74, 6) is 0.685. The molecule has 0 saturated heterocycles. The van der Waals surface area contributed by atoms with Gasteiger partial charge in [-0.3, -0.25) is 0 Å². The van der Waals surface area contributed by atoms with Crippen LogP contribution >= 0.6 is 0 Å². The molecule has 0 saturated carbocycles. The molecule has 0 amide bonds. The highest BCUT2D eigenvalue weighted by atomic mass is 32.2. The van der Waals surface area contributed by atoms with Crippen molar-refractivity contribution in [2.24, 2.45) is 0 Å². The maximum absolute atomic E-state index is 13.1. The van der Waals surface area contributed by atoms with Crippen LogP contribution in [-0.2, 0) is 16.6 Å². The van der Waals surface area contributed by atoms with E-state index < -0.39 is 28.6 Å². The van der Waals surface area contributed by atoms with Crippen LogP contribution in [-0.4, -0.2) is 39.0 Å². The summed E-state index contributed by atoms with van der Waals surface area (Å²) in [4.78, 5) is 0. The first kappa shape index (κ1) is 21.8. The Bertz CT molecular complexity index is 913. The SMILES string of the molecule is COc1ccc(CN(CC=Cc2ccccc2)S(=O)(=O)C(F)(F)F)cc1OC. The van der Waals surface area contributed by atoms with E-state index in [0.29, 0.717) is 21.4 Å². The molecule has 152 valence electrons. The predicted molar refractivity (Wildman–Crippen MR) is 100 cm³/mol. The van der Waals surface area contributed by atoms with Crippen LogP contribution in [0.4, 0.5) is 13.2 Å². The number of nitrogens with zero attached hydrogens (tertiary/aromatic N) is 1. The van der Waals surface area contributed by atoms with Crippen LogP contribution in [0.15, 0.2) is 54.6 Å². The molecule has 0 bridgehead atoms. The average molecular weight is 415 g/mol. The molecule has 0 aliphatic carbocycles. The van der Waals surface area contributed by atoms with Gasteiger partial charge in [0.15, 0.2) is 11.5 Å². The molecule has 2 aromatic rings. The van der Waals surface area contributed by atoms with Gasteiger partial charge in [-0.05, 0) is 23.3 Å². The van der Waals surface area contributed by atoms with Crippen molar-refractivity contribution < 1.29 is 31.1 Å². The number of hydrogen-bond acceptors (Lipinski definition) is 4. The molecule has 0 fully saturated rings. The maximum atomic E-state index is 13.1. The van der Waals surface area contributed by atoms with Crippen molar-refractivity contribution in [3.05, 3.63) is 65.7 Å². The van der Waals surface area contributed by atoms with Gasteiger partial charge >= 0.3 is 15.5 Å². The van der Waals surface area contributed by atoms with E-state index in [2.05, 4.69) is 0 Å². The van der Waals surface area contributed by atoms with Crippen LogP contribution in [0.2, 0.25) is 0 Å². The Hall–Kier alpha value is -2.52. The van der Waals surface area contributed by atoms with Gasteiger partial charge in [0.25, 0.3) is 0 Å². The second kappa shape index (κ2) is 9.11. The Morgan fingerprint density at radius 1 is 1.00 bits per heavy atom. The third-order valence-corrected chi connectivity index (χ3v) is 5.40. The second-order valence-electron chi connectivity index (χ2n) is 5.75. The zero-order valence-electron chi connectivity index (χ0n) is 15.3. The summed E-state index contributed by atoms with van der Waals surface area (Å²) in [5, 5.41) is 0. The molecule has 9 heteroatoms. The molecule has 2 rings (SSSR count). The Morgan fingerprint density at radius 2 is 1.64 bits per heavy atom. The number of hydrogen-bond donors (Lipinski definition) is 0. The van der Waals surface area contributed by atoms with E-state index in [-0.39, 0.29) is 0 Å². The van der Waals surface area contributed by atoms with Crippen molar-refractivity contribution in [1.82, 2.24) is 4.31 Å². The lowest BCUT2D eigenvalue weighted by atomic mass is 10.2. The van der Waals surface area contributed by atoms with Crippen LogP contribution in [0.25, 0.3) is 6.08 Å². The van der Waals surface area contributed by atoms with E-state index in [4.69, 9.17) is 9.47 Å². The Morgan fingerprint density at radius 3 is 2.21 bits per heavy atom. The van der Waals surface area contributed by atoms with Crippen LogP contribution in [0, 0.1) is 0 Å². The molecule has 5 nitrogen and oxygen atoms in total. The van der Waals surface area contributed by atoms with Crippen LogP contribution in [0.1, 0.15) is 11.1 Å². The normalized spacial score (nSPS) is 12.5. The van der Waals surface area contributed by atoms with Gasteiger partial charge in [0.2, 0.25) is 0 Å². The maximum Gasteiger partial charge on any atom is 0.511 e. The van der Waals surface area contributed by atoms with E-state index in [0.717, 1.165) is 5.56 Å². The minimum atomic E-state index is -5.52. The molecule has 0 unspecified atom stereocenters. The lowest BCUT2D eigenvalue weighted by Crippen LogP contribution is -2.40. The lowest BCUT2D eigenvalue weighted by Gasteiger charge is -2.22. The lowest BCUT2D eigenvalue weighted by molar-refractivity contribution is -0.0488. The van der Waals surface area contributed by atoms with Crippen molar-refractivity contribution in [1.29, 1.82) is 0 Å². The van der Waals surface area contributed by atoms with E-state index in [1.165, 1.54) is 38.5 Å². The number of sulfonamides is 1. The van der Waals surface area contributed by atoms with Crippen molar-refractivity contribution in [2.45, 2.75) is 12.1 Å². The second-order valence-corrected chi connectivity index (χ2v) is 7.68. The van der Waals surface area contributed by atoms with Crippen LogP contribution in [0.3, 0.4) is 0 Å². The highest BCUT2D eigenvalue weighted by Gasteiger charge is 2.49. The topological polar surface area (TPSA) is 55.8 Å². The number of methoxy groups -OCH3 is 2. The summed E-state index contributed by atoms with van der Waals surface area (Å²) >= 11 is 0. The van der Waals surface area contributed by atoms with E-state index in [9.17, 15) is 21.6 Å². The molecule has 28 heavy (non-hydrogen) atoms. The quantitative estimate of drug-likeness (QED) is 0.652. The van der Waals surface area contributed by atoms with Gasteiger partial charge in [0, 0.05) is 13.1 Å². The molecule has 0 spiro atoms. The fraction of sp³-hybridized carbons (Fsp3) is 0.263. The molecule has 0 aliphatic heterocycles. The first-order valence-electron chi connectivity index (χ1n) is 8.18. The smallest absolute Gasteiger partial charge is 0.493 e. The Kier molecular flexibility index (Phi) is 7.09. The molecule has 0 aliphatic rings. The minimum Gasteiger partial charge on any atom is -0.493 e.